The summed E-state index contributed by atoms with van der Waals surface area (Å²) in [5.41, 5.74) is 2.03. The molecule has 182 valence electrons. The molecule has 2 aromatic rings. The molecule has 0 spiro atoms. The number of amides is 2. The van der Waals surface area contributed by atoms with Crippen LogP contribution in [-0.2, 0) is 26.0 Å². The van der Waals surface area contributed by atoms with E-state index in [2.05, 4.69) is 5.32 Å². The van der Waals surface area contributed by atoms with E-state index in [1.54, 1.807) is 35.2 Å². The number of ether oxygens (including phenoxy) is 2. The van der Waals surface area contributed by atoms with Crippen molar-refractivity contribution in [2.75, 3.05) is 38.0 Å². The Hall–Kier alpha value is -3.11. The van der Waals surface area contributed by atoms with E-state index in [0.29, 0.717) is 23.6 Å². The summed E-state index contributed by atoms with van der Waals surface area (Å²) >= 11 is 0. The first-order valence-electron chi connectivity index (χ1n) is 11.1. The molecule has 0 bridgehead atoms. The van der Waals surface area contributed by atoms with Crippen LogP contribution in [0.25, 0.3) is 0 Å². The Morgan fingerprint density at radius 2 is 1.74 bits per heavy atom. The first-order chi connectivity index (χ1) is 16.1. The lowest BCUT2D eigenvalue weighted by atomic mass is 10.1. The molecule has 0 unspecified atom stereocenters. The van der Waals surface area contributed by atoms with E-state index >= 15 is 0 Å². The van der Waals surface area contributed by atoms with Gasteiger partial charge in [0.1, 0.15) is 11.5 Å². The summed E-state index contributed by atoms with van der Waals surface area (Å²) in [5, 5.41) is 2.68. The number of fused-ring (bicyclic) bond motifs is 1. The van der Waals surface area contributed by atoms with Gasteiger partial charge in [0.05, 0.1) is 25.7 Å². The number of sulfonamides is 1. The maximum Gasteiger partial charge on any atom is 0.243 e. The van der Waals surface area contributed by atoms with Crippen LogP contribution < -0.4 is 19.7 Å². The maximum absolute atomic E-state index is 13.2. The Kier molecular flexibility index (Phi) is 6.55. The minimum atomic E-state index is -3.91. The van der Waals surface area contributed by atoms with Gasteiger partial charge in [0, 0.05) is 48.6 Å². The second-order valence-electron chi connectivity index (χ2n) is 8.74. The molecule has 1 aliphatic heterocycles. The third-order valence-corrected chi connectivity index (χ3v) is 7.94. The zero-order valence-electron chi connectivity index (χ0n) is 19.7. The molecular weight excluding hydrogens is 458 g/mol. The van der Waals surface area contributed by atoms with Crippen LogP contribution in [-0.4, -0.2) is 58.4 Å². The number of rotatable bonds is 8. The van der Waals surface area contributed by atoms with E-state index in [4.69, 9.17) is 9.47 Å². The van der Waals surface area contributed by atoms with Gasteiger partial charge < -0.3 is 19.7 Å². The van der Waals surface area contributed by atoms with Crippen molar-refractivity contribution >= 4 is 33.2 Å². The SMILES string of the molecule is COc1cc(NC(=O)CN(C)S(=O)(=O)c2ccc3c(c2)C[C@H](C)N3C(=O)C2CC2)cc(OC)c1. The maximum atomic E-state index is 13.2. The average Bonchev–Trinajstić information content (AvgIpc) is 3.60. The molecule has 0 radical (unpaired) electrons. The largest absolute Gasteiger partial charge is 0.497 e. The molecule has 1 saturated carbocycles. The zero-order valence-corrected chi connectivity index (χ0v) is 20.5. The first kappa shape index (κ1) is 24.0. The van der Waals surface area contributed by atoms with E-state index in [1.807, 2.05) is 6.92 Å². The Bertz CT molecular complexity index is 1200. The van der Waals surface area contributed by atoms with E-state index in [0.717, 1.165) is 28.4 Å². The number of carbonyl (C=O) groups excluding carboxylic acids is 2. The van der Waals surface area contributed by atoms with Gasteiger partial charge >= 0.3 is 0 Å². The standard InChI is InChI=1S/C24H29N3O6S/c1-15-9-17-10-21(7-8-22(17)27(15)24(29)16-5-6-16)34(30,31)26(2)14-23(28)25-18-11-19(32-3)13-20(12-18)33-4/h7-8,10-13,15-16H,5-6,9,14H2,1-4H3,(H,25,28)/t15-/m0/s1. The van der Waals surface area contributed by atoms with E-state index in [1.165, 1.54) is 27.3 Å². The van der Waals surface area contributed by atoms with Crippen molar-refractivity contribution in [3.05, 3.63) is 42.0 Å². The summed E-state index contributed by atoms with van der Waals surface area (Å²) < 4.78 is 37.7. The van der Waals surface area contributed by atoms with Gasteiger partial charge in [-0.3, -0.25) is 9.59 Å². The summed E-state index contributed by atoms with van der Waals surface area (Å²) in [6.07, 6.45) is 2.43. The van der Waals surface area contributed by atoms with E-state index in [9.17, 15) is 18.0 Å². The lowest BCUT2D eigenvalue weighted by Gasteiger charge is -2.23. The number of likely N-dealkylation sites (N-methyl/N-ethyl adjacent to an activating group) is 1. The predicted octanol–water partition coefficient (Wildman–Crippen LogP) is 2.65. The Balaban J connectivity index is 1.48. The number of carbonyl (C=O) groups is 2. The molecule has 2 aromatic carbocycles. The highest BCUT2D eigenvalue weighted by atomic mass is 32.2. The fourth-order valence-electron chi connectivity index (χ4n) is 4.18. The van der Waals surface area contributed by atoms with Gasteiger partial charge in [0.2, 0.25) is 21.8 Å². The Morgan fingerprint density at radius 3 is 2.32 bits per heavy atom. The second kappa shape index (κ2) is 9.27. The molecule has 9 nitrogen and oxygen atoms in total. The van der Waals surface area contributed by atoms with Crippen molar-refractivity contribution in [3.8, 4) is 11.5 Å². The molecule has 0 aromatic heterocycles. The fraction of sp³-hybridized carbons (Fsp3) is 0.417. The van der Waals surface area contributed by atoms with Crippen molar-refractivity contribution in [2.24, 2.45) is 5.92 Å². The molecule has 2 aliphatic rings. The number of nitrogens with one attached hydrogen (secondary N) is 1. The van der Waals surface area contributed by atoms with E-state index < -0.39 is 15.9 Å². The molecule has 2 amide bonds. The quantitative estimate of drug-likeness (QED) is 0.614. The zero-order chi connectivity index (χ0) is 24.6. The molecule has 1 N–H and O–H groups in total. The smallest absolute Gasteiger partial charge is 0.243 e. The van der Waals surface area contributed by atoms with Gasteiger partial charge in [0.15, 0.2) is 0 Å². The van der Waals surface area contributed by atoms with Gasteiger partial charge in [-0.05, 0) is 49.9 Å². The van der Waals surface area contributed by atoms with Gasteiger partial charge in [-0.15, -0.1) is 0 Å². The Morgan fingerprint density at radius 1 is 1.09 bits per heavy atom. The number of nitrogens with zero attached hydrogens (tertiary/aromatic N) is 2. The molecule has 1 atom stereocenters. The minimum absolute atomic E-state index is 0.00980. The lowest BCUT2D eigenvalue weighted by Crippen LogP contribution is -2.36. The number of benzene rings is 2. The summed E-state index contributed by atoms with van der Waals surface area (Å²) in [4.78, 5) is 27.1. The number of anilines is 2. The van der Waals surface area contributed by atoms with Crippen LogP contribution in [0.4, 0.5) is 11.4 Å². The monoisotopic (exact) mass is 487 g/mol. The van der Waals surface area contributed by atoms with Crippen LogP contribution in [0.2, 0.25) is 0 Å². The summed E-state index contributed by atoms with van der Waals surface area (Å²) in [7, 11) is 0.446. The topological polar surface area (TPSA) is 105 Å². The molecule has 1 heterocycles. The average molecular weight is 488 g/mol. The van der Waals surface area contributed by atoms with Gasteiger partial charge in [-0.2, -0.15) is 4.31 Å². The summed E-state index contributed by atoms with van der Waals surface area (Å²) in [6, 6.07) is 9.70. The molecule has 4 rings (SSSR count). The third-order valence-electron chi connectivity index (χ3n) is 6.14. The van der Waals surface area contributed by atoms with Crippen LogP contribution in [0.5, 0.6) is 11.5 Å². The molecule has 34 heavy (non-hydrogen) atoms. The fourth-order valence-corrected chi connectivity index (χ4v) is 5.36. The van der Waals surface area contributed by atoms with Crippen LogP contribution in [0.15, 0.2) is 41.3 Å². The molecule has 1 fully saturated rings. The highest BCUT2D eigenvalue weighted by Gasteiger charge is 2.40. The number of methoxy groups -OCH3 is 2. The highest BCUT2D eigenvalue weighted by Crippen LogP contribution is 2.39. The molecule has 1 aliphatic carbocycles. The minimum Gasteiger partial charge on any atom is -0.497 e. The molecule has 0 saturated heterocycles. The van der Waals surface area contributed by atoms with Crippen LogP contribution in [0.1, 0.15) is 25.3 Å². The Labute approximate surface area is 199 Å². The summed E-state index contributed by atoms with van der Waals surface area (Å²) in [5.74, 6) is 0.697. The van der Waals surface area contributed by atoms with Crippen molar-refractivity contribution in [1.29, 1.82) is 0 Å². The van der Waals surface area contributed by atoms with Crippen LogP contribution in [0, 0.1) is 5.92 Å². The van der Waals surface area contributed by atoms with Crippen molar-refractivity contribution in [1.82, 2.24) is 4.31 Å². The van der Waals surface area contributed by atoms with Crippen LogP contribution >= 0.6 is 0 Å². The first-order valence-corrected chi connectivity index (χ1v) is 12.5. The highest BCUT2D eigenvalue weighted by molar-refractivity contribution is 7.89. The van der Waals surface area contributed by atoms with Gasteiger partial charge in [-0.25, -0.2) is 8.42 Å². The second-order valence-corrected chi connectivity index (χ2v) is 10.8. The van der Waals surface area contributed by atoms with Crippen molar-refractivity contribution in [3.63, 3.8) is 0 Å². The van der Waals surface area contributed by atoms with Crippen molar-refractivity contribution in [2.45, 2.75) is 37.1 Å². The molecule has 10 heteroatoms. The number of hydrogen-bond donors (Lipinski definition) is 1. The van der Waals surface area contributed by atoms with Gasteiger partial charge in [0.25, 0.3) is 0 Å². The van der Waals surface area contributed by atoms with Crippen molar-refractivity contribution < 1.29 is 27.5 Å². The van der Waals surface area contributed by atoms with Crippen LogP contribution in [0.3, 0.4) is 0 Å². The number of hydrogen-bond acceptors (Lipinski definition) is 6. The van der Waals surface area contributed by atoms with E-state index in [-0.39, 0.29) is 29.3 Å². The van der Waals surface area contributed by atoms with Gasteiger partial charge in [-0.1, -0.05) is 0 Å². The predicted molar refractivity (Wildman–Crippen MR) is 128 cm³/mol. The normalized spacial score (nSPS) is 17.4. The molecular formula is C24H29N3O6S. The lowest BCUT2D eigenvalue weighted by molar-refractivity contribution is -0.120. The summed E-state index contributed by atoms with van der Waals surface area (Å²) in [6.45, 7) is 1.60. The third kappa shape index (κ3) is 4.74.